The molecule has 0 spiro atoms. The number of methoxy groups -OCH3 is 1. The van der Waals surface area contributed by atoms with Crippen LogP contribution in [-0.2, 0) is 11.2 Å². The SMILES string of the molecule is COc1ccc(C[C@@]2(O)O[C@H](CO)[C@@H](O)[C@H]2O)cc1. The van der Waals surface area contributed by atoms with Crippen LogP contribution in [0.5, 0.6) is 5.75 Å². The molecule has 2 rings (SSSR count). The van der Waals surface area contributed by atoms with E-state index < -0.39 is 30.7 Å². The van der Waals surface area contributed by atoms with E-state index in [1.54, 1.807) is 31.4 Å². The molecule has 19 heavy (non-hydrogen) atoms. The van der Waals surface area contributed by atoms with E-state index in [-0.39, 0.29) is 6.42 Å². The highest BCUT2D eigenvalue weighted by atomic mass is 16.7. The number of rotatable bonds is 4. The lowest BCUT2D eigenvalue weighted by Crippen LogP contribution is -2.44. The molecular weight excluding hydrogens is 252 g/mol. The van der Waals surface area contributed by atoms with Crippen molar-refractivity contribution in [3.8, 4) is 5.75 Å². The van der Waals surface area contributed by atoms with Crippen LogP contribution in [0.4, 0.5) is 0 Å². The summed E-state index contributed by atoms with van der Waals surface area (Å²) in [5, 5.41) is 38.7. The fourth-order valence-electron chi connectivity index (χ4n) is 2.20. The van der Waals surface area contributed by atoms with Gasteiger partial charge in [-0.15, -0.1) is 0 Å². The first-order valence-corrected chi connectivity index (χ1v) is 6.00. The van der Waals surface area contributed by atoms with Gasteiger partial charge in [-0.25, -0.2) is 0 Å². The standard InChI is InChI=1S/C13H18O6/c1-18-9-4-2-8(3-5-9)6-13(17)12(16)11(15)10(7-14)19-13/h2-5,10-12,14-17H,6-7H2,1H3/t10-,11-,12-,13-/m1/s1. The molecule has 1 aliphatic rings. The van der Waals surface area contributed by atoms with Gasteiger partial charge in [0.1, 0.15) is 24.1 Å². The highest BCUT2D eigenvalue weighted by Gasteiger charge is 2.52. The number of hydrogen-bond donors (Lipinski definition) is 4. The molecule has 1 fully saturated rings. The Morgan fingerprint density at radius 1 is 1.26 bits per heavy atom. The molecule has 0 amide bonds. The molecule has 0 unspecified atom stereocenters. The van der Waals surface area contributed by atoms with Crippen molar-refractivity contribution in [3.05, 3.63) is 29.8 Å². The van der Waals surface area contributed by atoms with Crippen molar-refractivity contribution in [2.24, 2.45) is 0 Å². The number of benzene rings is 1. The second kappa shape index (κ2) is 5.44. The molecule has 0 aromatic heterocycles. The van der Waals surface area contributed by atoms with Crippen molar-refractivity contribution >= 4 is 0 Å². The lowest BCUT2D eigenvalue weighted by molar-refractivity contribution is -0.229. The second-order valence-electron chi connectivity index (χ2n) is 4.64. The maximum atomic E-state index is 10.2. The summed E-state index contributed by atoms with van der Waals surface area (Å²) in [4.78, 5) is 0. The first-order chi connectivity index (χ1) is 9.00. The number of aliphatic hydroxyl groups is 4. The minimum atomic E-state index is -1.90. The van der Waals surface area contributed by atoms with Gasteiger partial charge in [-0.3, -0.25) is 0 Å². The summed E-state index contributed by atoms with van der Waals surface area (Å²) in [6.45, 7) is -0.469. The molecule has 0 saturated carbocycles. The molecule has 1 saturated heterocycles. The van der Waals surface area contributed by atoms with E-state index in [1.165, 1.54) is 0 Å². The van der Waals surface area contributed by atoms with Crippen molar-refractivity contribution in [3.63, 3.8) is 0 Å². The third kappa shape index (κ3) is 2.72. The highest BCUT2D eigenvalue weighted by Crippen LogP contribution is 2.32. The molecule has 4 atom stereocenters. The van der Waals surface area contributed by atoms with Gasteiger partial charge in [0.05, 0.1) is 13.7 Å². The molecule has 0 bridgehead atoms. The van der Waals surface area contributed by atoms with Crippen molar-refractivity contribution < 1.29 is 29.9 Å². The minimum Gasteiger partial charge on any atom is -0.497 e. The van der Waals surface area contributed by atoms with Crippen molar-refractivity contribution in [2.75, 3.05) is 13.7 Å². The molecular formula is C13H18O6. The smallest absolute Gasteiger partial charge is 0.199 e. The zero-order valence-corrected chi connectivity index (χ0v) is 10.6. The minimum absolute atomic E-state index is 0.00568. The third-order valence-corrected chi connectivity index (χ3v) is 3.32. The Hall–Kier alpha value is -1.18. The Balaban J connectivity index is 2.12. The Bertz CT molecular complexity index is 420. The molecule has 6 heteroatoms. The van der Waals surface area contributed by atoms with Gasteiger partial charge in [0.2, 0.25) is 0 Å². The van der Waals surface area contributed by atoms with Crippen LogP contribution in [0.3, 0.4) is 0 Å². The van der Waals surface area contributed by atoms with Gasteiger partial charge < -0.3 is 29.9 Å². The fourth-order valence-corrected chi connectivity index (χ4v) is 2.20. The lowest BCUT2D eigenvalue weighted by Gasteiger charge is -2.26. The molecule has 4 N–H and O–H groups in total. The number of ether oxygens (including phenoxy) is 2. The summed E-state index contributed by atoms with van der Waals surface area (Å²) >= 11 is 0. The van der Waals surface area contributed by atoms with Crippen LogP contribution in [0.25, 0.3) is 0 Å². The molecule has 1 heterocycles. The quantitative estimate of drug-likeness (QED) is 0.562. The van der Waals surface area contributed by atoms with Crippen LogP contribution < -0.4 is 4.74 Å². The van der Waals surface area contributed by atoms with E-state index in [2.05, 4.69) is 0 Å². The number of hydrogen-bond acceptors (Lipinski definition) is 6. The van der Waals surface area contributed by atoms with E-state index in [1.807, 2.05) is 0 Å². The van der Waals surface area contributed by atoms with Gasteiger partial charge in [-0.1, -0.05) is 12.1 Å². The van der Waals surface area contributed by atoms with Crippen molar-refractivity contribution in [1.29, 1.82) is 0 Å². The summed E-state index contributed by atoms with van der Waals surface area (Å²) < 4.78 is 10.2. The van der Waals surface area contributed by atoms with Gasteiger partial charge in [-0.05, 0) is 17.7 Å². The molecule has 6 nitrogen and oxygen atoms in total. The zero-order valence-electron chi connectivity index (χ0n) is 10.6. The van der Waals surface area contributed by atoms with Gasteiger partial charge >= 0.3 is 0 Å². The molecule has 1 aromatic rings. The third-order valence-electron chi connectivity index (χ3n) is 3.32. The average molecular weight is 270 g/mol. The van der Waals surface area contributed by atoms with E-state index in [4.69, 9.17) is 14.6 Å². The van der Waals surface area contributed by atoms with Crippen molar-refractivity contribution in [2.45, 2.75) is 30.5 Å². The average Bonchev–Trinajstić information content (AvgIpc) is 2.64. The van der Waals surface area contributed by atoms with Crippen LogP contribution in [-0.4, -0.2) is 58.2 Å². The second-order valence-corrected chi connectivity index (χ2v) is 4.64. The van der Waals surface area contributed by atoms with Gasteiger partial charge in [0.25, 0.3) is 0 Å². The number of aliphatic hydroxyl groups excluding tert-OH is 3. The van der Waals surface area contributed by atoms with Gasteiger partial charge in [0, 0.05) is 6.42 Å². The van der Waals surface area contributed by atoms with Crippen LogP contribution in [0.2, 0.25) is 0 Å². The first-order valence-electron chi connectivity index (χ1n) is 6.00. The Morgan fingerprint density at radius 3 is 2.37 bits per heavy atom. The van der Waals surface area contributed by atoms with Crippen molar-refractivity contribution in [1.82, 2.24) is 0 Å². The Kier molecular flexibility index (Phi) is 4.07. The summed E-state index contributed by atoms with van der Waals surface area (Å²) in [5.74, 6) is -1.22. The van der Waals surface area contributed by atoms with Gasteiger partial charge in [0.15, 0.2) is 5.79 Å². The summed E-state index contributed by atoms with van der Waals surface area (Å²) in [5.41, 5.74) is 0.716. The Morgan fingerprint density at radius 2 is 1.89 bits per heavy atom. The largest absolute Gasteiger partial charge is 0.497 e. The fraction of sp³-hybridized carbons (Fsp3) is 0.538. The van der Waals surface area contributed by atoms with E-state index >= 15 is 0 Å². The molecule has 1 aromatic carbocycles. The van der Waals surface area contributed by atoms with Crippen LogP contribution in [0, 0.1) is 0 Å². The maximum absolute atomic E-state index is 10.2. The van der Waals surface area contributed by atoms with Crippen LogP contribution in [0.15, 0.2) is 24.3 Å². The van der Waals surface area contributed by atoms with E-state index in [0.29, 0.717) is 11.3 Å². The van der Waals surface area contributed by atoms with Gasteiger partial charge in [-0.2, -0.15) is 0 Å². The normalized spacial score (nSPS) is 34.5. The molecule has 1 aliphatic heterocycles. The monoisotopic (exact) mass is 270 g/mol. The van der Waals surface area contributed by atoms with E-state index in [0.717, 1.165) is 0 Å². The topological polar surface area (TPSA) is 99.4 Å². The lowest BCUT2D eigenvalue weighted by atomic mass is 9.98. The summed E-state index contributed by atoms with van der Waals surface area (Å²) in [6.07, 6.45) is -3.76. The molecule has 0 aliphatic carbocycles. The highest BCUT2D eigenvalue weighted by molar-refractivity contribution is 5.28. The predicted molar refractivity (Wildman–Crippen MR) is 65.6 cm³/mol. The maximum Gasteiger partial charge on any atom is 0.199 e. The van der Waals surface area contributed by atoms with Crippen LogP contribution in [0.1, 0.15) is 5.56 Å². The molecule has 0 radical (unpaired) electrons. The molecule has 106 valence electrons. The zero-order chi connectivity index (χ0) is 14.0. The summed E-state index contributed by atoms with van der Waals surface area (Å²) in [6, 6.07) is 6.90. The predicted octanol–water partition coefficient (Wildman–Crippen LogP) is -0.961. The van der Waals surface area contributed by atoms with E-state index in [9.17, 15) is 15.3 Å². The van der Waals surface area contributed by atoms with Crippen LogP contribution >= 0.6 is 0 Å². The summed E-state index contributed by atoms with van der Waals surface area (Å²) in [7, 11) is 1.55. The Labute approximate surface area is 110 Å². The first kappa shape index (κ1) is 14.2.